The monoisotopic (exact) mass is 193 g/mol. The van der Waals surface area contributed by atoms with Crippen LogP contribution in [0.4, 0.5) is 0 Å². The first-order valence-electron chi connectivity index (χ1n) is 5.13. The molecule has 0 heterocycles. The van der Waals surface area contributed by atoms with Crippen LogP contribution in [-0.2, 0) is 11.3 Å². The van der Waals surface area contributed by atoms with E-state index in [-0.39, 0.29) is 0 Å². The Hall–Kier alpha value is -0.860. The number of methoxy groups -OCH3 is 1. The highest BCUT2D eigenvalue weighted by molar-refractivity contribution is 5.14. The standard InChI is InChI=1S/C12H19NO/c1-3-12(10-14-2)13-9-11-7-5-4-6-8-11/h4-8,12-13H,3,9-10H2,1-2H3/t12-/m0/s1. The minimum Gasteiger partial charge on any atom is -0.383 e. The van der Waals surface area contributed by atoms with Gasteiger partial charge in [-0.2, -0.15) is 0 Å². The minimum atomic E-state index is 0.459. The van der Waals surface area contributed by atoms with Gasteiger partial charge >= 0.3 is 0 Å². The summed E-state index contributed by atoms with van der Waals surface area (Å²) < 4.78 is 5.12. The van der Waals surface area contributed by atoms with Crippen molar-refractivity contribution in [2.45, 2.75) is 25.9 Å². The maximum Gasteiger partial charge on any atom is 0.0615 e. The van der Waals surface area contributed by atoms with Crippen molar-refractivity contribution in [1.82, 2.24) is 5.32 Å². The van der Waals surface area contributed by atoms with E-state index in [0.29, 0.717) is 6.04 Å². The molecule has 0 aliphatic carbocycles. The number of rotatable bonds is 6. The molecular formula is C12H19NO. The van der Waals surface area contributed by atoms with Crippen molar-refractivity contribution in [3.05, 3.63) is 35.9 Å². The summed E-state index contributed by atoms with van der Waals surface area (Å²) in [5, 5.41) is 3.46. The molecule has 14 heavy (non-hydrogen) atoms. The summed E-state index contributed by atoms with van der Waals surface area (Å²) >= 11 is 0. The van der Waals surface area contributed by atoms with Gasteiger partial charge in [0.25, 0.3) is 0 Å². The molecule has 1 aromatic rings. The van der Waals surface area contributed by atoms with Gasteiger partial charge in [-0.1, -0.05) is 37.3 Å². The van der Waals surface area contributed by atoms with Crippen LogP contribution < -0.4 is 5.32 Å². The zero-order valence-corrected chi connectivity index (χ0v) is 8.99. The topological polar surface area (TPSA) is 21.3 Å². The summed E-state index contributed by atoms with van der Waals surface area (Å²) in [6, 6.07) is 10.9. The van der Waals surface area contributed by atoms with Crippen molar-refractivity contribution in [2.24, 2.45) is 0 Å². The highest BCUT2D eigenvalue weighted by Crippen LogP contribution is 1.99. The molecule has 0 aromatic heterocycles. The Bertz CT molecular complexity index is 235. The summed E-state index contributed by atoms with van der Waals surface area (Å²) in [7, 11) is 1.74. The molecule has 0 saturated heterocycles. The van der Waals surface area contributed by atoms with E-state index in [9.17, 15) is 0 Å². The first-order valence-corrected chi connectivity index (χ1v) is 5.13. The van der Waals surface area contributed by atoms with Crippen molar-refractivity contribution in [3.63, 3.8) is 0 Å². The van der Waals surface area contributed by atoms with Crippen LogP contribution >= 0.6 is 0 Å². The highest BCUT2D eigenvalue weighted by Gasteiger charge is 2.03. The Morgan fingerprint density at radius 2 is 2.00 bits per heavy atom. The maximum absolute atomic E-state index is 5.12. The van der Waals surface area contributed by atoms with Crippen LogP contribution in [-0.4, -0.2) is 19.8 Å². The number of nitrogens with one attached hydrogen (secondary N) is 1. The van der Waals surface area contributed by atoms with E-state index < -0.39 is 0 Å². The maximum atomic E-state index is 5.12. The molecule has 1 atom stereocenters. The normalized spacial score (nSPS) is 12.7. The third-order valence-corrected chi connectivity index (χ3v) is 2.30. The molecule has 78 valence electrons. The van der Waals surface area contributed by atoms with Crippen LogP contribution in [0.3, 0.4) is 0 Å². The Kier molecular flexibility index (Phi) is 5.27. The summed E-state index contributed by atoms with van der Waals surface area (Å²) in [4.78, 5) is 0. The Labute approximate surface area is 86.3 Å². The molecule has 0 spiro atoms. The number of hydrogen-bond acceptors (Lipinski definition) is 2. The van der Waals surface area contributed by atoms with Gasteiger partial charge in [-0.05, 0) is 12.0 Å². The predicted molar refractivity (Wildman–Crippen MR) is 59.2 cm³/mol. The van der Waals surface area contributed by atoms with E-state index in [4.69, 9.17) is 4.74 Å². The summed E-state index contributed by atoms with van der Waals surface area (Å²) in [5.74, 6) is 0. The number of hydrogen-bond donors (Lipinski definition) is 1. The fourth-order valence-corrected chi connectivity index (χ4v) is 1.38. The SMILES string of the molecule is CC[C@@H](COC)NCc1ccccc1. The van der Waals surface area contributed by atoms with Crippen molar-refractivity contribution < 1.29 is 4.74 Å². The van der Waals surface area contributed by atoms with Crippen LogP contribution in [0.25, 0.3) is 0 Å². The molecule has 0 aliphatic rings. The lowest BCUT2D eigenvalue weighted by atomic mass is 10.2. The molecule has 0 bridgehead atoms. The third-order valence-electron chi connectivity index (χ3n) is 2.30. The van der Waals surface area contributed by atoms with E-state index in [0.717, 1.165) is 19.6 Å². The van der Waals surface area contributed by atoms with E-state index in [1.807, 2.05) is 6.07 Å². The lowest BCUT2D eigenvalue weighted by Crippen LogP contribution is -2.31. The van der Waals surface area contributed by atoms with Gasteiger partial charge in [0.2, 0.25) is 0 Å². The van der Waals surface area contributed by atoms with Crippen molar-refractivity contribution in [2.75, 3.05) is 13.7 Å². The highest BCUT2D eigenvalue weighted by atomic mass is 16.5. The predicted octanol–water partition coefficient (Wildman–Crippen LogP) is 2.20. The van der Waals surface area contributed by atoms with E-state index in [2.05, 4.69) is 36.5 Å². The Balaban J connectivity index is 2.32. The summed E-state index contributed by atoms with van der Waals surface area (Å²) in [6.45, 7) is 3.87. The van der Waals surface area contributed by atoms with Crippen LogP contribution in [0.2, 0.25) is 0 Å². The van der Waals surface area contributed by atoms with E-state index >= 15 is 0 Å². The van der Waals surface area contributed by atoms with Crippen molar-refractivity contribution in [1.29, 1.82) is 0 Å². The van der Waals surface area contributed by atoms with Gasteiger partial charge in [-0.25, -0.2) is 0 Å². The lowest BCUT2D eigenvalue weighted by molar-refractivity contribution is 0.164. The van der Waals surface area contributed by atoms with Gasteiger partial charge in [0.15, 0.2) is 0 Å². The molecule has 0 aliphatic heterocycles. The zero-order chi connectivity index (χ0) is 10.2. The minimum absolute atomic E-state index is 0.459. The summed E-state index contributed by atoms with van der Waals surface area (Å²) in [5.41, 5.74) is 1.32. The van der Waals surface area contributed by atoms with Crippen molar-refractivity contribution in [3.8, 4) is 0 Å². The van der Waals surface area contributed by atoms with Gasteiger partial charge in [0.05, 0.1) is 6.61 Å². The van der Waals surface area contributed by atoms with Gasteiger partial charge in [-0.3, -0.25) is 0 Å². The van der Waals surface area contributed by atoms with E-state index in [1.165, 1.54) is 5.56 Å². The van der Waals surface area contributed by atoms with E-state index in [1.54, 1.807) is 7.11 Å². The molecule has 0 radical (unpaired) electrons. The fraction of sp³-hybridized carbons (Fsp3) is 0.500. The smallest absolute Gasteiger partial charge is 0.0615 e. The molecule has 0 unspecified atom stereocenters. The first kappa shape index (κ1) is 11.2. The van der Waals surface area contributed by atoms with Gasteiger partial charge < -0.3 is 10.1 Å². The summed E-state index contributed by atoms with van der Waals surface area (Å²) in [6.07, 6.45) is 1.10. The van der Waals surface area contributed by atoms with Crippen LogP contribution in [0.5, 0.6) is 0 Å². The number of benzene rings is 1. The number of ether oxygens (including phenoxy) is 1. The average Bonchev–Trinajstić information content (AvgIpc) is 2.25. The molecule has 2 heteroatoms. The quantitative estimate of drug-likeness (QED) is 0.748. The molecule has 0 fully saturated rings. The zero-order valence-electron chi connectivity index (χ0n) is 8.99. The molecule has 1 aromatic carbocycles. The van der Waals surface area contributed by atoms with Crippen LogP contribution in [0.15, 0.2) is 30.3 Å². The second-order valence-electron chi connectivity index (χ2n) is 3.43. The second-order valence-corrected chi connectivity index (χ2v) is 3.43. The molecule has 0 amide bonds. The van der Waals surface area contributed by atoms with Crippen LogP contribution in [0, 0.1) is 0 Å². The van der Waals surface area contributed by atoms with Crippen molar-refractivity contribution >= 4 is 0 Å². The van der Waals surface area contributed by atoms with Gasteiger partial charge in [0.1, 0.15) is 0 Å². The Morgan fingerprint density at radius 1 is 1.29 bits per heavy atom. The second kappa shape index (κ2) is 6.57. The molecule has 1 rings (SSSR count). The van der Waals surface area contributed by atoms with Crippen LogP contribution in [0.1, 0.15) is 18.9 Å². The lowest BCUT2D eigenvalue weighted by Gasteiger charge is -2.15. The average molecular weight is 193 g/mol. The van der Waals surface area contributed by atoms with Gasteiger partial charge in [0, 0.05) is 19.7 Å². The molecular weight excluding hydrogens is 174 g/mol. The largest absolute Gasteiger partial charge is 0.383 e. The third kappa shape index (κ3) is 3.90. The Morgan fingerprint density at radius 3 is 2.57 bits per heavy atom. The fourth-order valence-electron chi connectivity index (χ4n) is 1.38. The molecule has 0 saturated carbocycles. The first-order chi connectivity index (χ1) is 6.86. The molecule has 2 nitrogen and oxygen atoms in total. The molecule has 1 N–H and O–H groups in total. The van der Waals surface area contributed by atoms with Gasteiger partial charge in [-0.15, -0.1) is 0 Å².